The second-order valence-corrected chi connectivity index (χ2v) is 3.91. The predicted molar refractivity (Wildman–Crippen MR) is 55.9 cm³/mol. The summed E-state index contributed by atoms with van der Waals surface area (Å²) < 4.78 is 0. The number of primary amides is 1. The van der Waals surface area contributed by atoms with Gasteiger partial charge in [0.15, 0.2) is 0 Å². The average molecular weight is 214 g/mol. The van der Waals surface area contributed by atoms with Crippen LogP contribution in [0.2, 0.25) is 0 Å². The zero-order chi connectivity index (χ0) is 11.4. The van der Waals surface area contributed by atoms with E-state index in [-0.39, 0.29) is 12.3 Å². The van der Waals surface area contributed by atoms with Crippen molar-refractivity contribution in [3.05, 3.63) is 0 Å². The molecule has 0 aromatic carbocycles. The molecule has 4 N–H and O–H groups in total. The smallest absolute Gasteiger partial charge is 0.240 e. The number of amides is 2. The van der Waals surface area contributed by atoms with Crippen LogP contribution in [0.4, 0.5) is 0 Å². The first-order chi connectivity index (χ1) is 7.00. The normalized spacial score (nSPS) is 20.0. The van der Waals surface area contributed by atoms with Gasteiger partial charge in [0.25, 0.3) is 0 Å². The molecular weight excluding hydrogens is 196 g/mol. The molecule has 0 saturated carbocycles. The molecule has 0 radical (unpaired) electrons. The van der Waals surface area contributed by atoms with Crippen molar-refractivity contribution in [3.63, 3.8) is 0 Å². The Kier molecular flexibility index (Phi) is 4.05. The monoisotopic (exact) mass is 214 g/mol. The Morgan fingerprint density at radius 3 is 2.27 bits per heavy atom. The average Bonchev–Trinajstić information content (AvgIpc) is 2.17. The molecule has 2 amide bonds. The van der Waals surface area contributed by atoms with Gasteiger partial charge in [0.1, 0.15) is 0 Å². The van der Waals surface area contributed by atoms with Gasteiger partial charge in [-0.15, -0.1) is 0 Å². The number of nitrogens with zero attached hydrogens (tertiary/aromatic N) is 2. The summed E-state index contributed by atoms with van der Waals surface area (Å²) in [4.78, 5) is 26.2. The Hall–Kier alpha value is -1.14. The maximum absolute atomic E-state index is 11.7. The van der Waals surface area contributed by atoms with Gasteiger partial charge >= 0.3 is 0 Å². The number of rotatable bonds is 3. The summed E-state index contributed by atoms with van der Waals surface area (Å²) in [6, 6.07) is -0.786. The highest BCUT2D eigenvalue weighted by Gasteiger charge is 2.24. The van der Waals surface area contributed by atoms with Gasteiger partial charge in [-0.25, -0.2) is 0 Å². The van der Waals surface area contributed by atoms with Crippen LogP contribution in [0.25, 0.3) is 0 Å². The number of hydrogen-bond acceptors (Lipinski definition) is 4. The Morgan fingerprint density at radius 1 is 1.27 bits per heavy atom. The molecule has 1 unspecified atom stereocenters. The topological polar surface area (TPSA) is 92.7 Å². The molecule has 6 nitrogen and oxygen atoms in total. The first-order valence-corrected chi connectivity index (χ1v) is 5.02. The molecular formula is C9H18N4O2. The van der Waals surface area contributed by atoms with E-state index >= 15 is 0 Å². The van der Waals surface area contributed by atoms with Crippen molar-refractivity contribution < 1.29 is 9.59 Å². The molecule has 0 aliphatic carbocycles. The van der Waals surface area contributed by atoms with Crippen LogP contribution in [0.1, 0.15) is 6.42 Å². The summed E-state index contributed by atoms with van der Waals surface area (Å²) in [5.41, 5.74) is 10.6. The second kappa shape index (κ2) is 5.09. The van der Waals surface area contributed by atoms with Gasteiger partial charge in [0.05, 0.1) is 12.5 Å². The standard InChI is InChI=1S/C9H18N4O2/c1-12-2-4-13(5-3-12)9(15)7(10)6-8(11)14/h7H,2-6,10H2,1H3,(H2,11,14). The van der Waals surface area contributed by atoms with Crippen molar-refractivity contribution in [2.75, 3.05) is 33.2 Å². The van der Waals surface area contributed by atoms with E-state index in [1.807, 2.05) is 7.05 Å². The number of piperazine rings is 1. The first-order valence-electron chi connectivity index (χ1n) is 5.02. The third-order valence-corrected chi connectivity index (χ3v) is 2.55. The Labute approximate surface area is 89.2 Å². The summed E-state index contributed by atoms with van der Waals surface area (Å²) in [5.74, 6) is -0.716. The predicted octanol–water partition coefficient (Wildman–Crippen LogP) is -2.04. The van der Waals surface area contributed by atoms with Gasteiger partial charge in [0, 0.05) is 26.2 Å². The SMILES string of the molecule is CN1CCN(C(=O)C(N)CC(N)=O)CC1. The molecule has 0 spiro atoms. The first kappa shape index (κ1) is 11.9. The van der Waals surface area contributed by atoms with Gasteiger partial charge < -0.3 is 21.3 Å². The molecule has 1 fully saturated rings. The summed E-state index contributed by atoms with van der Waals surface area (Å²) in [6.07, 6.45) is -0.0782. The summed E-state index contributed by atoms with van der Waals surface area (Å²) in [5, 5.41) is 0. The van der Waals surface area contributed by atoms with Crippen LogP contribution in [-0.2, 0) is 9.59 Å². The van der Waals surface area contributed by atoms with Crippen LogP contribution in [0.5, 0.6) is 0 Å². The molecule has 15 heavy (non-hydrogen) atoms. The molecule has 1 aliphatic heterocycles. The van der Waals surface area contributed by atoms with Crippen molar-refractivity contribution >= 4 is 11.8 Å². The quantitative estimate of drug-likeness (QED) is 0.566. The molecule has 86 valence electrons. The van der Waals surface area contributed by atoms with Gasteiger partial charge in [-0.05, 0) is 7.05 Å². The molecule has 0 aromatic heterocycles. The zero-order valence-corrected chi connectivity index (χ0v) is 8.98. The maximum atomic E-state index is 11.7. The minimum atomic E-state index is -0.786. The summed E-state index contributed by atoms with van der Waals surface area (Å²) >= 11 is 0. The van der Waals surface area contributed by atoms with Crippen LogP contribution in [0.3, 0.4) is 0 Å². The van der Waals surface area contributed by atoms with E-state index in [4.69, 9.17) is 11.5 Å². The fraction of sp³-hybridized carbons (Fsp3) is 0.778. The zero-order valence-electron chi connectivity index (χ0n) is 8.98. The molecule has 0 bridgehead atoms. The van der Waals surface area contributed by atoms with Gasteiger partial charge in [-0.1, -0.05) is 0 Å². The van der Waals surface area contributed by atoms with Crippen LogP contribution in [0, 0.1) is 0 Å². The van der Waals surface area contributed by atoms with E-state index in [1.165, 1.54) is 0 Å². The lowest BCUT2D eigenvalue weighted by molar-refractivity contribution is -0.136. The molecule has 1 heterocycles. The van der Waals surface area contributed by atoms with Crippen LogP contribution in [0.15, 0.2) is 0 Å². The summed E-state index contributed by atoms with van der Waals surface area (Å²) in [7, 11) is 2.01. The minimum absolute atomic E-state index is 0.0782. The van der Waals surface area contributed by atoms with Crippen LogP contribution >= 0.6 is 0 Å². The fourth-order valence-electron chi connectivity index (χ4n) is 1.57. The molecule has 6 heteroatoms. The van der Waals surface area contributed by atoms with Crippen molar-refractivity contribution in [2.24, 2.45) is 11.5 Å². The van der Waals surface area contributed by atoms with Crippen molar-refractivity contribution in [2.45, 2.75) is 12.5 Å². The number of likely N-dealkylation sites (N-methyl/N-ethyl adjacent to an activating group) is 1. The number of hydrogen-bond donors (Lipinski definition) is 2. The Balaban J connectivity index is 2.42. The lowest BCUT2D eigenvalue weighted by Crippen LogP contribution is -2.52. The second-order valence-electron chi connectivity index (χ2n) is 3.91. The lowest BCUT2D eigenvalue weighted by Gasteiger charge is -2.33. The van der Waals surface area contributed by atoms with E-state index in [1.54, 1.807) is 4.90 Å². The van der Waals surface area contributed by atoms with Crippen molar-refractivity contribution in [3.8, 4) is 0 Å². The van der Waals surface area contributed by atoms with Crippen LogP contribution in [-0.4, -0.2) is 60.9 Å². The third kappa shape index (κ3) is 3.49. The molecule has 1 atom stereocenters. The van der Waals surface area contributed by atoms with Crippen LogP contribution < -0.4 is 11.5 Å². The van der Waals surface area contributed by atoms with Crippen molar-refractivity contribution in [1.82, 2.24) is 9.80 Å². The van der Waals surface area contributed by atoms with E-state index < -0.39 is 11.9 Å². The highest BCUT2D eigenvalue weighted by molar-refractivity contribution is 5.87. The Morgan fingerprint density at radius 2 is 1.80 bits per heavy atom. The van der Waals surface area contributed by atoms with E-state index in [0.29, 0.717) is 13.1 Å². The molecule has 0 aromatic rings. The highest BCUT2D eigenvalue weighted by Crippen LogP contribution is 2.02. The highest BCUT2D eigenvalue weighted by atomic mass is 16.2. The molecule has 1 rings (SSSR count). The Bertz CT molecular complexity index is 248. The van der Waals surface area contributed by atoms with Gasteiger partial charge in [-0.2, -0.15) is 0 Å². The van der Waals surface area contributed by atoms with Gasteiger partial charge in [-0.3, -0.25) is 9.59 Å². The number of carbonyl (C=O) groups excluding carboxylic acids is 2. The maximum Gasteiger partial charge on any atom is 0.240 e. The fourth-order valence-corrected chi connectivity index (χ4v) is 1.57. The largest absolute Gasteiger partial charge is 0.370 e. The van der Waals surface area contributed by atoms with E-state index in [0.717, 1.165) is 13.1 Å². The minimum Gasteiger partial charge on any atom is -0.370 e. The number of carbonyl (C=O) groups is 2. The molecule has 1 aliphatic rings. The lowest BCUT2D eigenvalue weighted by atomic mass is 10.1. The molecule has 1 saturated heterocycles. The van der Waals surface area contributed by atoms with E-state index in [2.05, 4.69) is 4.90 Å². The summed E-state index contributed by atoms with van der Waals surface area (Å²) in [6.45, 7) is 3.02. The third-order valence-electron chi connectivity index (χ3n) is 2.55. The number of nitrogens with two attached hydrogens (primary N) is 2. The van der Waals surface area contributed by atoms with Crippen molar-refractivity contribution in [1.29, 1.82) is 0 Å². The van der Waals surface area contributed by atoms with E-state index in [9.17, 15) is 9.59 Å². The van der Waals surface area contributed by atoms with Gasteiger partial charge in [0.2, 0.25) is 11.8 Å².